The number of hydrogen-bond acceptors (Lipinski definition) is 5. The van der Waals surface area contributed by atoms with Crippen LogP contribution in [-0.2, 0) is 29.8 Å². The number of alkyl halides is 7. The van der Waals surface area contributed by atoms with E-state index in [9.17, 15) is 53.8 Å². The number of piperidine rings is 1. The number of aliphatic carboxylic acids is 1. The summed E-state index contributed by atoms with van der Waals surface area (Å²) in [6, 6.07) is 3.43. The molecule has 2 unspecified atom stereocenters. The second-order valence-electron chi connectivity index (χ2n) is 12.7. The second-order valence-corrected chi connectivity index (χ2v) is 14.9. The smallest absolute Gasteiger partial charge is 0.435 e. The Morgan fingerprint density at radius 2 is 1.52 bits per heavy atom. The van der Waals surface area contributed by atoms with E-state index in [1.165, 1.54) is 4.90 Å². The highest BCUT2D eigenvalue weighted by Crippen LogP contribution is 2.57. The molecule has 48 heavy (non-hydrogen) atoms. The number of likely N-dealkylation sites (tertiary alicyclic amines) is 1. The summed E-state index contributed by atoms with van der Waals surface area (Å²) in [6.07, 6.45) is -9.97. The van der Waals surface area contributed by atoms with Crippen LogP contribution in [0.4, 0.5) is 35.1 Å². The van der Waals surface area contributed by atoms with E-state index in [0.29, 0.717) is 31.7 Å². The maximum absolute atomic E-state index is 15.1. The number of carbonyl (C=O) groups excluding carboxylic acids is 1. The first-order valence-electron chi connectivity index (χ1n) is 15.5. The summed E-state index contributed by atoms with van der Waals surface area (Å²) in [5.41, 5.74) is -9.07. The molecular weight excluding hydrogens is 678 g/mol. The number of rotatable bonds is 8. The molecule has 2 heterocycles. The van der Waals surface area contributed by atoms with Crippen molar-refractivity contribution in [1.82, 2.24) is 4.90 Å². The molecule has 2 aliphatic heterocycles. The zero-order chi connectivity index (χ0) is 35.3. The van der Waals surface area contributed by atoms with Gasteiger partial charge < -0.3 is 14.7 Å². The van der Waals surface area contributed by atoms with Crippen molar-refractivity contribution in [2.45, 2.75) is 97.9 Å². The van der Waals surface area contributed by atoms with Gasteiger partial charge >= 0.3 is 24.0 Å². The van der Waals surface area contributed by atoms with E-state index < -0.39 is 84.6 Å². The number of ether oxygens (including phenoxy) is 1. The fourth-order valence-electron chi connectivity index (χ4n) is 7.69. The van der Waals surface area contributed by atoms with Gasteiger partial charge in [0.05, 0.1) is 10.9 Å². The summed E-state index contributed by atoms with van der Waals surface area (Å²) < 4.78 is 144. The normalized spacial score (nSPS) is 23.1. The van der Waals surface area contributed by atoms with Crippen molar-refractivity contribution >= 4 is 21.7 Å². The number of nitrogens with zero attached hydrogens (tertiary/aromatic N) is 1. The van der Waals surface area contributed by atoms with E-state index in [0.717, 1.165) is 30.7 Å². The van der Waals surface area contributed by atoms with Crippen molar-refractivity contribution in [3.63, 3.8) is 0 Å². The highest BCUT2D eigenvalue weighted by molar-refractivity contribution is 7.92. The number of carbonyl (C=O) groups is 2. The number of hydrogen-bond donors (Lipinski definition) is 1. The molecule has 2 aromatic rings. The van der Waals surface area contributed by atoms with Crippen molar-refractivity contribution in [1.29, 1.82) is 0 Å². The summed E-state index contributed by atoms with van der Waals surface area (Å²) >= 11 is 0. The van der Waals surface area contributed by atoms with Gasteiger partial charge in [0.1, 0.15) is 22.9 Å². The minimum absolute atomic E-state index is 0.0349. The Hall–Kier alpha value is -3.43. The van der Waals surface area contributed by atoms with Gasteiger partial charge in [-0.05, 0) is 68.9 Å². The molecule has 1 N–H and O–H groups in total. The van der Waals surface area contributed by atoms with E-state index >= 15 is 4.39 Å². The van der Waals surface area contributed by atoms with Crippen LogP contribution in [0.2, 0.25) is 0 Å². The van der Waals surface area contributed by atoms with Crippen molar-refractivity contribution in [2.24, 2.45) is 5.41 Å². The highest BCUT2D eigenvalue weighted by Gasteiger charge is 2.74. The molecule has 5 rings (SSSR count). The quantitative estimate of drug-likeness (QED) is 0.227. The fraction of sp³-hybridized carbons (Fsp3) is 0.562. The number of halogens is 8. The van der Waals surface area contributed by atoms with Crippen molar-refractivity contribution < 1.29 is 63.0 Å². The standard InChI is InChI=1S/C32H33F8NO6S/c33-21-8-10-22(11-9-21)48(45,46)29-16-5-17-41(27(44)28(13-2-1-3-14-28)15-4-6-26(42)43)25(29)19-47-24-18-20(7-12-23(24)29)30(34,31(35,36)37)32(38,39)40/h7-12,18,25H,1-6,13-17,19H2,(H,42,43). The van der Waals surface area contributed by atoms with E-state index in [1.54, 1.807) is 0 Å². The Morgan fingerprint density at radius 3 is 2.10 bits per heavy atom. The summed E-state index contributed by atoms with van der Waals surface area (Å²) in [6.45, 7) is -0.636. The number of sulfone groups is 1. The lowest BCUT2D eigenvalue weighted by Gasteiger charge is -2.54. The van der Waals surface area contributed by atoms with Crippen LogP contribution in [0.15, 0.2) is 47.4 Å². The Kier molecular flexibility index (Phi) is 9.32. The molecule has 2 atom stereocenters. The molecular formula is C32H33F8NO6S. The van der Waals surface area contributed by atoms with Gasteiger partial charge in [-0.15, -0.1) is 0 Å². The van der Waals surface area contributed by atoms with Crippen molar-refractivity contribution in [3.8, 4) is 5.75 Å². The minimum Gasteiger partial charge on any atom is -0.491 e. The Balaban J connectivity index is 1.68. The molecule has 1 saturated heterocycles. The third kappa shape index (κ3) is 5.70. The SMILES string of the molecule is O=C(O)CCCC1(C(=O)N2CCCC3(S(=O)(=O)c4ccc(F)cc4)c4ccc(C(F)(C(F)(F)F)C(F)(F)F)cc4OCC23)CCCCC1. The first kappa shape index (κ1) is 35.9. The largest absolute Gasteiger partial charge is 0.491 e. The van der Waals surface area contributed by atoms with Crippen LogP contribution in [0.25, 0.3) is 0 Å². The molecule has 2 aromatic carbocycles. The Morgan fingerprint density at radius 1 is 0.896 bits per heavy atom. The molecule has 0 spiro atoms. The average Bonchev–Trinajstić information content (AvgIpc) is 3.02. The van der Waals surface area contributed by atoms with Crippen LogP contribution in [0, 0.1) is 11.2 Å². The first-order valence-corrected chi connectivity index (χ1v) is 16.9. The molecule has 1 saturated carbocycles. The zero-order valence-electron chi connectivity index (χ0n) is 25.5. The van der Waals surface area contributed by atoms with Gasteiger partial charge in [-0.2, -0.15) is 26.3 Å². The zero-order valence-corrected chi connectivity index (χ0v) is 26.3. The molecule has 1 aliphatic carbocycles. The molecule has 7 nitrogen and oxygen atoms in total. The predicted octanol–water partition coefficient (Wildman–Crippen LogP) is 7.37. The predicted molar refractivity (Wildman–Crippen MR) is 154 cm³/mol. The van der Waals surface area contributed by atoms with E-state index in [1.807, 2.05) is 0 Å². The lowest BCUT2D eigenvalue weighted by molar-refractivity contribution is -0.348. The molecule has 264 valence electrons. The maximum atomic E-state index is 15.1. The van der Waals surface area contributed by atoms with Crippen LogP contribution in [0.1, 0.15) is 75.3 Å². The Bertz CT molecular complexity index is 1640. The van der Waals surface area contributed by atoms with E-state index in [-0.39, 0.29) is 56.3 Å². The van der Waals surface area contributed by atoms with Gasteiger partial charge in [-0.25, -0.2) is 17.2 Å². The van der Waals surface area contributed by atoms with Crippen LogP contribution < -0.4 is 4.74 Å². The summed E-state index contributed by atoms with van der Waals surface area (Å²) in [7, 11) is -4.72. The third-order valence-corrected chi connectivity index (χ3v) is 12.6. The second kappa shape index (κ2) is 12.5. The van der Waals surface area contributed by atoms with Crippen molar-refractivity contribution in [2.75, 3.05) is 13.2 Å². The van der Waals surface area contributed by atoms with Gasteiger partial charge in [-0.1, -0.05) is 31.4 Å². The van der Waals surface area contributed by atoms with Crippen LogP contribution in [0.5, 0.6) is 5.75 Å². The molecule has 0 radical (unpaired) electrons. The van der Waals surface area contributed by atoms with Gasteiger partial charge in [0.2, 0.25) is 5.91 Å². The maximum Gasteiger partial charge on any atom is 0.435 e. The monoisotopic (exact) mass is 711 g/mol. The molecule has 16 heteroatoms. The summed E-state index contributed by atoms with van der Waals surface area (Å²) in [5, 5.41) is 9.22. The molecule has 1 amide bonds. The summed E-state index contributed by atoms with van der Waals surface area (Å²) in [5.74, 6) is -3.01. The highest BCUT2D eigenvalue weighted by atomic mass is 32.2. The third-order valence-electron chi connectivity index (χ3n) is 10.0. The van der Waals surface area contributed by atoms with Gasteiger partial charge in [0.25, 0.3) is 0 Å². The van der Waals surface area contributed by atoms with Crippen LogP contribution in [-0.4, -0.2) is 61.8 Å². The van der Waals surface area contributed by atoms with Crippen molar-refractivity contribution in [3.05, 3.63) is 59.4 Å². The molecule has 0 aromatic heterocycles. The number of carboxylic acid groups (broad SMARTS) is 1. The Labute approximate surface area is 271 Å². The number of fused-ring (bicyclic) bond motifs is 3. The molecule has 3 aliphatic rings. The number of benzene rings is 2. The average molecular weight is 712 g/mol. The molecule has 0 bridgehead atoms. The van der Waals surface area contributed by atoms with Crippen LogP contribution >= 0.6 is 0 Å². The lowest BCUT2D eigenvalue weighted by Crippen LogP contribution is -2.65. The lowest BCUT2D eigenvalue weighted by atomic mass is 9.68. The topological polar surface area (TPSA) is 101 Å². The van der Waals surface area contributed by atoms with Gasteiger partial charge in [-0.3, -0.25) is 9.59 Å². The summed E-state index contributed by atoms with van der Waals surface area (Å²) in [4.78, 5) is 26.7. The van der Waals surface area contributed by atoms with Gasteiger partial charge in [0.15, 0.2) is 9.84 Å². The molecule has 2 fully saturated rings. The van der Waals surface area contributed by atoms with E-state index in [4.69, 9.17) is 4.74 Å². The fourth-order valence-corrected chi connectivity index (χ4v) is 10.0. The van der Waals surface area contributed by atoms with Gasteiger partial charge in [0, 0.05) is 29.5 Å². The minimum atomic E-state index is -6.43. The number of amides is 1. The number of carboxylic acids is 1. The van der Waals surface area contributed by atoms with Crippen LogP contribution in [0.3, 0.4) is 0 Å². The first-order chi connectivity index (χ1) is 22.3. The van der Waals surface area contributed by atoms with E-state index in [2.05, 4.69) is 0 Å².